The molecule has 0 saturated heterocycles. The monoisotopic (exact) mass is 258 g/mol. The summed E-state index contributed by atoms with van der Waals surface area (Å²) in [5.74, 6) is 0.706. The topological polar surface area (TPSA) is 24.5 Å². The molecule has 0 heterocycles. The Hall–Kier alpha value is -0.120. The number of methoxy groups -OCH3 is 1. The number of ether oxygens (including phenoxy) is 1. The maximum absolute atomic E-state index is 5.21. The van der Waals surface area contributed by atoms with Crippen LogP contribution in [-0.2, 0) is 4.74 Å². The van der Waals surface area contributed by atoms with Gasteiger partial charge in [-0.3, -0.25) is 4.90 Å². The lowest BCUT2D eigenvalue weighted by Gasteiger charge is -2.31. The highest BCUT2D eigenvalue weighted by atomic mass is 16.5. The first-order chi connectivity index (χ1) is 8.51. The van der Waals surface area contributed by atoms with Gasteiger partial charge >= 0.3 is 0 Å². The Labute approximate surface area is 114 Å². The summed E-state index contributed by atoms with van der Waals surface area (Å²) in [5.41, 5.74) is 0. The number of nitrogens with one attached hydrogen (secondary N) is 1. The summed E-state index contributed by atoms with van der Waals surface area (Å²) >= 11 is 0. The Morgan fingerprint density at radius 3 is 2.33 bits per heavy atom. The molecule has 2 unspecified atom stereocenters. The third kappa shape index (κ3) is 8.90. The van der Waals surface area contributed by atoms with E-state index in [1.54, 1.807) is 7.11 Å². The highest BCUT2D eigenvalue weighted by molar-refractivity contribution is 4.73. The predicted octanol–water partition coefficient (Wildman–Crippen LogP) is 2.76. The van der Waals surface area contributed by atoms with Crippen molar-refractivity contribution in [2.45, 2.75) is 59.5 Å². The van der Waals surface area contributed by atoms with Gasteiger partial charge < -0.3 is 10.1 Å². The summed E-state index contributed by atoms with van der Waals surface area (Å²) in [6.45, 7) is 15.4. The minimum absolute atomic E-state index is 0.571. The Morgan fingerprint density at radius 2 is 1.83 bits per heavy atom. The van der Waals surface area contributed by atoms with E-state index < -0.39 is 0 Å². The van der Waals surface area contributed by atoms with Crippen LogP contribution in [0.2, 0.25) is 0 Å². The fourth-order valence-corrected chi connectivity index (χ4v) is 2.21. The van der Waals surface area contributed by atoms with E-state index >= 15 is 0 Å². The molecular formula is C15H34N2O. The van der Waals surface area contributed by atoms with Crippen LogP contribution in [0.1, 0.15) is 47.5 Å². The average Bonchev–Trinajstić information content (AvgIpc) is 2.31. The molecule has 0 aromatic carbocycles. The molecule has 0 radical (unpaired) electrons. The highest BCUT2D eigenvalue weighted by Gasteiger charge is 2.15. The zero-order chi connectivity index (χ0) is 14.0. The van der Waals surface area contributed by atoms with Crippen molar-refractivity contribution in [3.63, 3.8) is 0 Å². The molecule has 2 atom stereocenters. The Bertz CT molecular complexity index is 185. The smallest absolute Gasteiger partial charge is 0.0589 e. The van der Waals surface area contributed by atoms with E-state index in [0.717, 1.165) is 26.2 Å². The van der Waals surface area contributed by atoms with Gasteiger partial charge in [0.15, 0.2) is 0 Å². The van der Waals surface area contributed by atoms with Crippen LogP contribution >= 0.6 is 0 Å². The molecule has 0 aliphatic rings. The quantitative estimate of drug-likeness (QED) is 0.617. The van der Waals surface area contributed by atoms with E-state index in [0.29, 0.717) is 18.0 Å². The molecule has 0 aromatic rings. The molecule has 110 valence electrons. The number of hydrogen-bond acceptors (Lipinski definition) is 3. The zero-order valence-corrected chi connectivity index (χ0v) is 13.3. The van der Waals surface area contributed by atoms with Crippen LogP contribution in [0.4, 0.5) is 0 Å². The summed E-state index contributed by atoms with van der Waals surface area (Å²) in [5, 5.41) is 3.63. The van der Waals surface area contributed by atoms with Crippen molar-refractivity contribution >= 4 is 0 Å². The van der Waals surface area contributed by atoms with Crippen LogP contribution in [0.15, 0.2) is 0 Å². The van der Waals surface area contributed by atoms with Crippen molar-refractivity contribution in [2.24, 2.45) is 5.92 Å². The van der Waals surface area contributed by atoms with Gasteiger partial charge in [0.25, 0.3) is 0 Å². The van der Waals surface area contributed by atoms with Crippen molar-refractivity contribution < 1.29 is 4.74 Å². The van der Waals surface area contributed by atoms with Crippen molar-refractivity contribution in [1.82, 2.24) is 10.2 Å². The third-order valence-corrected chi connectivity index (χ3v) is 3.29. The standard InChI is InChI=1S/C15H34N2O/c1-7-8-14(4)16-11-15(5)17(9-10-18-6)12-13(2)3/h13-16H,7-12H2,1-6H3. The minimum atomic E-state index is 0.571. The van der Waals surface area contributed by atoms with Crippen LogP contribution < -0.4 is 5.32 Å². The molecule has 0 saturated carbocycles. The SMILES string of the molecule is CCCC(C)NCC(C)N(CCOC)CC(C)C. The third-order valence-electron chi connectivity index (χ3n) is 3.29. The van der Waals surface area contributed by atoms with Gasteiger partial charge in [-0.1, -0.05) is 27.2 Å². The number of rotatable bonds is 11. The van der Waals surface area contributed by atoms with Crippen molar-refractivity contribution in [1.29, 1.82) is 0 Å². The fraction of sp³-hybridized carbons (Fsp3) is 1.00. The summed E-state index contributed by atoms with van der Waals surface area (Å²) in [4.78, 5) is 2.53. The lowest BCUT2D eigenvalue weighted by Crippen LogP contribution is -2.45. The molecular weight excluding hydrogens is 224 g/mol. The fourth-order valence-electron chi connectivity index (χ4n) is 2.21. The molecule has 3 heteroatoms. The second kappa shape index (κ2) is 10.8. The first-order valence-electron chi connectivity index (χ1n) is 7.47. The molecule has 0 aliphatic heterocycles. The first-order valence-corrected chi connectivity index (χ1v) is 7.47. The van der Waals surface area contributed by atoms with Crippen molar-refractivity contribution in [3.05, 3.63) is 0 Å². The van der Waals surface area contributed by atoms with Gasteiger partial charge in [-0.15, -0.1) is 0 Å². The largest absolute Gasteiger partial charge is 0.383 e. The van der Waals surface area contributed by atoms with Crippen LogP contribution in [0.25, 0.3) is 0 Å². The summed E-state index contributed by atoms with van der Waals surface area (Å²) in [6.07, 6.45) is 2.51. The predicted molar refractivity (Wildman–Crippen MR) is 80.1 cm³/mol. The van der Waals surface area contributed by atoms with Crippen LogP contribution in [0, 0.1) is 5.92 Å². The van der Waals surface area contributed by atoms with Gasteiger partial charge in [0, 0.05) is 38.8 Å². The highest BCUT2D eigenvalue weighted by Crippen LogP contribution is 2.05. The molecule has 0 rings (SSSR count). The van der Waals surface area contributed by atoms with E-state index in [2.05, 4.69) is 44.8 Å². The Morgan fingerprint density at radius 1 is 1.17 bits per heavy atom. The molecule has 0 fully saturated rings. The Kier molecular flexibility index (Phi) is 10.7. The van der Waals surface area contributed by atoms with E-state index in [-0.39, 0.29) is 0 Å². The van der Waals surface area contributed by atoms with Crippen LogP contribution in [0.3, 0.4) is 0 Å². The lowest BCUT2D eigenvalue weighted by atomic mass is 10.1. The van der Waals surface area contributed by atoms with Crippen LogP contribution in [-0.4, -0.2) is 50.3 Å². The van der Waals surface area contributed by atoms with Gasteiger partial charge in [0.05, 0.1) is 6.61 Å². The Balaban J connectivity index is 4.06. The van der Waals surface area contributed by atoms with E-state index in [9.17, 15) is 0 Å². The molecule has 1 N–H and O–H groups in total. The summed E-state index contributed by atoms with van der Waals surface area (Å²) in [6, 6.07) is 1.20. The van der Waals surface area contributed by atoms with Gasteiger partial charge in [0.2, 0.25) is 0 Å². The summed E-state index contributed by atoms with van der Waals surface area (Å²) < 4.78 is 5.21. The molecule has 0 aliphatic carbocycles. The van der Waals surface area contributed by atoms with Crippen LogP contribution in [0.5, 0.6) is 0 Å². The molecule has 0 amide bonds. The maximum atomic E-state index is 5.21. The molecule has 3 nitrogen and oxygen atoms in total. The molecule has 0 bridgehead atoms. The van der Waals surface area contributed by atoms with Crippen molar-refractivity contribution in [3.8, 4) is 0 Å². The van der Waals surface area contributed by atoms with Gasteiger partial charge in [-0.05, 0) is 26.2 Å². The second-order valence-electron chi connectivity index (χ2n) is 5.83. The second-order valence-corrected chi connectivity index (χ2v) is 5.83. The number of hydrogen-bond donors (Lipinski definition) is 1. The summed E-state index contributed by atoms with van der Waals surface area (Å²) in [7, 11) is 1.78. The van der Waals surface area contributed by atoms with E-state index in [1.165, 1.54) is 12.8 Å². The average molecular weight is 258 g/mol. The number of nitrogens with zero attached hydrogens (tertiary/aromatic N) is 1. The van der Waals surface area contributed by atoms with E-state index in [1.807, 2.05) is 0 Å². The first kappa shape index (κ1) is 17.9. The minimum Gasteiger partial charge on any atom is -0.383 e. The molecule has 0 aromatic heterocycles. The molecule has 18 heavy (non-hydrogen) atoms. The van der Waals surface area contributed by atoms with Gasteiger partial charge in [-0.25, -0.2) is 0 Å². The maximum Gasteiger partial charge on any atom is 0.0589 e. The van der Waals surface area contributed by atoms with Gasteiger partial charge in [-0.2, -0.15) is 0 Å². The lowest BCUT2D eigenvalue weighted by molar-refractivity contribution is 0.113. The van der Waals surface area contributed by atoms with Crippen molar-refractivity contribution in [2.75, 3.05) is 33.4 Å². The zero-order valence-electron chi connectivity index (χ0n) is 13.3. The molecule has 0 spiro atoms. The normalized spacial score (nSPS) is 15.3. The van der Waals surface area contributed by atoms with Gasteiger partial charge in [0.1, 0.15) is 0 Å². The van der Waals surface area contributed by atoms with E-state index in [4.69, 9.17) is 4.74 Å².